The van der Waals surface area contributed by atoms with E-state index >= 15 is 0 Å². The summed E-state index contributed by atoms with van der Waals surface area (Å²) < 4.78 is 22.6. The van der Waals surface area contributed by atoms with Gasteiger partial charge in [-0.15, -0.1) is 0 Å². The van der Waals surface area contributed by atoms with Gasteiger partial charge in [-0.05, 0) is 6.92 Å². The molecule has 16 heavy (non-hydrogen) atoms. The molecule has 1 aromatic rings. The Kier molecular flexibility index (Phi) is 3.96. The Labute approximate surface area is 92.9 Å². The monoisotopic (exact) mass is 247 g/mol. The lowest BCUT2D eigenvalue weighted by Gasteiger charge is -2.11. The van der Waals surface area contributed by atoms with Crippen molar-refractivity contribution >= 4 is 15.9 Å². The largest absolute Gasteiger partial charge is 0.353 e. The normalized spacial score (nSPS) is 13.4. The first kappa shape index (κ1) is 12.6. The van der Waals surface area contributed by atoms with E-state index in [0.29, 0.717) is 0 Å². The Morgan fingerprint density at radius 1 is 1.62 bits per heavy atom. The van der Waals surface area contributed by atoms with Gasteiger partial charge in [-0.3, -0.25) is 4.79 Å². The molecule has 0 fully saturated rings. The molecule has 3 N–H and O–H groups in total. The minimum atomic E-state index is -3.55. The van der Waals surface area contributed by atoms with Gasteiger partial charge in [0, 0.05) is 6.54 Å². The summed E-state index contributed by atoms with van der Waals surface area (Å²) in [5.74, 6) is -0.628. The number of sulfonamides is 1. The van der Waals surface area contributed by atoms with E-state index in [1.807, 2.05) is 0 Å². The molecule has 0 aliphatic heterocycles. The van der Waals surface area contributed by atoms with Crippen molar-refractivity contribution in [3.8, 4) is 0 Å². The number of amides is 1. The van der Waals surface area contributed by atoms with Gasteiger partial charge in [-0.2, -0.15) is 5.10 Å². The molecule has 0 saturated carbocycles. The zero-order chi connectivity index (χ0) is 12.2. The Morgan fingerprint density at radius 2 is 2.31 bits per heavy atom. The van der Waals surface area contributed by atoms with Crippen molar-refractivity contribution < 1.29 is 13.2 Å². The molecular weight excluding hydrogens is 234 g/mol. The van der Waals surface area contributed by atoms with Crippen molar-refractivity contribution in [2.45, 2.75) is 13.0 Å². The summed E-state index contributed by atoms with van der Waals surface area (Å²) in [5, 5.41) is 11.0. The van der Waals surface area contributed by atoms with Gasteiger partial charge in [-0.1, -0.05) is 0 Å². The molecule has 0 saturated heterocycles. The van der Waals surface area contributed by atoms with E-state index in [4.69, 9.17) is 5.14 Å². The van der Waals surface area contributed by atoms with Gasteiger partial charge in [0.25, 0.3) is 0 Å². The van der Waals surface area contributed by atoms with E-state index in [2.05, 4.69) is 15.4 Å². The van der Waals surface area contributed by atoms with Crippen LogP contribution in [0.3, 0.4) is 0 Å². The highest BCUT2D eigenvalue weighted by Gasteiger charge is 2.15. The van der Waals surface area contributed by atoms with Gasteiger partial charge in [-0.25, -0.2) is 23.2 Å². The maximum Gasteiger partial charge on any atom is 0.244 e. The zero-order valence-corrected chi connectivity index (χ0v) is 9.51. The Bertz CT molecular complexity index is 441. The van der Waals surface area contributed by atoms with Crippen molar-refractivity contribution in [3.63, 3.8) is 0 Å². The first-order valence-electron chi connectivity index (χ1n) is 4.52. The van der Waals surface area contributed by atoms with Gasteiger partial charge in [0.2, 0.25) is 15.9 Å². The molecule has 1 aromatic heterocycles. The Morgan fingerprint density at radius 3 is 2.81 bits per heavy atom. The number of primary sulfonamides is 1. The molecule has 0 aliphatic rings. The molecule has 0 bridgehead atoms. The van der Waals surface area contributed by atoms with Crippen LogP contribution in [0.5, 0.6) is 0 Å². The van der Waals surface area contributed by atoms with Crippen LogP contribution in [0.1, 0.15) is 13.0 Å². The third-order valence-corrected chi connectivity index (χ3v) is 2.67. The number of carbonyl (C=O) groups is 1. The summed E-state index contributed by atoms with van der Waals surface area (Å²) in [6.07, 6.45) is 2.72. The maximum atomic E-state index is 11.5. The summed E-state index contributed by atoms with van der Waals surface area (Å²) in [7, 11) is -3.55. The molecule has 1 heterocycles. The fourth-order valence-corrected chi connectivity index (χ4v) is 1.39. The van der Waals surface area contributed by atoms with E-state index in [-0.39, 0.29) is 18.2 Å². The summed E-state index contributed by atoms with van der Waals surface area (Å²) in [6.45, 7) is 1.61. The van der Waals surface area contributed by atoms with Crippen LogP contribution in [-0.4, -0.2) is 41.4 Å². The molecule has 1 unspecified atom stereocenters. The smallest absolute Gasteiger partial charge is 0.244 e. The van der Waals surface area contributed by atoms with E-state index in [1.165, 1.54) is 17.3 Å². The van der Waals surface area contributed by atoms with Crippen molar-refractivity contribution in [1.29, 1.82) is 0 Å². The molecule has 0 radical (unpaired) electrons. The number of rotatable bonds is 5. The highest BCUT2D eigenvalue weighted by Crippen LogP contribution is 2.00. The molecule has 1 amide bonds. The molecule has 0 aromatic carbocycles. The van der Waals surface area contributed by atoms with Crippen molar-refractivity contribution in [2.75, 3.05) is 12.3 Å². The molecule has 1 atom stereocenters. The van der Waals surface area contributed by atoms with Crippen molar-refractivity contribution in [3.05, 3.63) is 12.7 Å². The van der Waals surface area contributed by atoms with Crippen LogP contribution < -0.4 is 10.5 Å². The highest BCUT2D eigenvalue weighted by atomic mass is 32.2. The van der Waals surface area contributed by atoms with Crippen LogP contribution in [0.15, 0.2) is 12.7 Å². The minimum Gasteiger partial charge on any atom is -0.353 e. The second-order valence-electron chi connectivity index (χ2n) is 3.21. The van der Waals surface area contributed by atoms with Gasteiger partial charge in [0.1, 0.15) is 18.7 Å². The summed E-state index contributed by atoms with van der Waals surface area (Å²) in [6, 6.07) is -0.539. The number of hydrogen-bond acceptors (Lipinski definition) is 5. The Balaban J connectivity index is 2.42. The van der Waals surface area contributed by atoms with Crippen LogP contribution in [0.4, 0.5) is 0 Å². The fourth-order valence-electron chi connectivity index (χ4n) is 1.00. The van der Waals surface area contributed by atoms with E-state index < -0.39 is 16.1 Å². The summed E-state index contributed by atoms with van der Waals surface area (Å²) >= 11 is 0. The SMILES string of the molecule is CC(C(=O)NCCS(N)(=O)=O)n1cncn1. The van der Waals surface area contributed by atoms with Gasteiger partial charge in [0.05, 0.1) is 5.75 Å². The lowest BCUT2D eigenvalue weighted by atomic mass is 10.3. The van der Waals surface area contributed by atoms with Gasteiger partial charge in [0.15, 0.2) is 0 Å². The number of nitrogens with zero attached hydrogens (tertiary/aromatic N) is 3. The molecule has 9 heteroatoms. The number of nitrogens with two attached hydrogens (primary N) is 1. The van der Waals surface area contributed by atoms with Crippen LogP contribution in [0.2, 0.25) is 0 Å². The first-order chi connectivity index (χ1) is 7.40. The van der Waals surface area contributed by atoms with E-state index in [0.717, 1.165) is 0 Å². The van der Waals surface area contributed by atoms with E-state index in [9.17, 15) is 13.2 Å². The lowest BCUT2D eigenvalue weighted by molar-refractivity contribution is -0.124. The minimum absolute atomic E-state index is 0.0172. The average molecular weight is 247 g/mol. The molecule has 90 valence electrons. The topological polar surface area (TPSA) is 120 Å². The third-order valence-electron chi connectivity index (χ3n) is 1.90. The van der Waals surface area contributed by atoms with Crippen molar-refractivity contribution in [1.82, 2.24) is 20.1 Å². The number of hydrogen-bond donors (Lipinski definition) is 2. The number of nitrogens with one attached hydrogen (secondary N) is 1. The molecule has 1 rings (SSSR count). The average Bonchev–Trinajstić information content (AvgIpc) is 2.67. The molecule has 0 spiro atoms. The van der Waals surface area contributed by atoms with Crippen molar-refractivity contribution in [2.24, 2.45) is 5.14 Å². The Hall–Kier alpha value is -1.48. The van der Waals surface area contributed by atoms with Crippen LogP contribution in [0, 0.1) is 0 Å². The van der Waals surface area contributed by atoms with Crippen LogP contribution in [0.25, 0.3) is 0 Å². The number of carbonyl (C=O) groups excluding carboxylic acids is 1. The number of aromatic nitrogens is 3. The molecule has 8 nitrogen and oxygen atoms in total. The van der Waals surface area contributed by atoms with Crippen LogP contribution >= 0.6 is 0 Å². The standard InChI is InChI=1S/C7H13N5O3S/c1-6(12-5-9-4-11-12)7(13)10-2-3-16(8,14)15/h4-6H,2-3H2,1H3,(H,10,13)(H2,8,14,15). The quantitative estimate of drug-likeness (QED) is 0.639. The third kappa shape index (κ3) is 3.95. The maximum absolute atomic E-state index is 11.5. The second-order valence-corrected chi connectivity index (χ2v) is 4.94. The predicted octanol–water partition coefficient (Wildman–Crippen LogP) is -1.76. The predicted molar refractivity (Wildman–Crippen MR) is 55.7 cm³/mol. The lowest BCUT2D eigenvalue weighted by Crippen LogP contribution is -2.35. The van der Waals surface area contributed by atoms with Gasteiger partial charge >= 0.3 is 0 Å². The fraction of sp³-hybridized carbons (Fsp3) is 0.571. The second kappa shape index (κ2) is 5.03. The summed E-state index contributed by atoms with van der Waals surface area (Å²) in [5.41, 5.74) is 0. The highest BCUT2D eigenvalue weighted by molar-refractivity contribution is 7.89. The first-order valence-corrected chi connectivity index (χ1v) is 6.24. The molecule has 0 aliphatic carbocycles. The zero-order valence-electron chi connectivity index (χ0n) is 8.70. The van der Waals surface area contributed by atoms with Crippen LogP contribution in [-0.2, 0) is 14.8 Å². The summed E-state index contributed by atoms with van der Waals surface area (Å²) in [4.78, 5) is 15.2. The molecular formula is C7H13N5O3S. The van der Waals surface area contributed by atoms with E-state index in [1.54, 1.807) is 6.92 Å². The van der Waals surface area contributed by atoms with Gasteiger partial charge < -0.3 is 5.32 Å².